The topological polar surface area (TPSA) is 61.2 Å². The third-order valence-electron chi connectivity index (χ3n) is 2.67. The molecule has 0 atom stereocenters. The van der Waals surface area contributed by atoms with Crippen LogP contribution in [0.5, 0.6) is 5.88 Å². The van der Waals surface area contributed by atoms with Gasteiger partial charge in [0.25, 0.3) is 0 Å². The minimum Gasteiger partial charge on any atom is -0.480 e. The first-order chi connectivity index (χ1) is 9.63. The van der Waals surface area contributed by atoms with E-state index in [1.807, 2.05) is 37.2 Å². The normalized spacial score (nSPS) is 9.90. The van der Waals surface area contributed by atoms with Crippen molar-refractivity contribution < 1.29 is 4.74 Å². The average molecular weight is 288 g/mol. The average Bonchev–Trinajstić information content (AvgIpc) is 2.89. The molecule has 0 saturated carbocycles. The van der Waals surface area contributed by atoms with Gasteiger partial charge in [0.15, 0.2) is 5.13 Å². The van der Waals surface area contributed by atoms with Crippen molar-refractivity contribution in [3.8, 4) is 11.9 Å². The molecule has 0 unspecified atom stereocenters. The molecule has 1 aromatic carbocycles. The number of nitrogens with one attached hydrogen (secondary N) is 1. The molecular weight excluding hydrogens is 272 g/mol. The van der Waals surface area contributed by atoms with E-state index in [4.69, 9.17) is 10.00 Å². The number of anilines is 2. The SMILES string of the molecule is COc1nc(N(C)C)sc1CNc1cccc(C#N)c1. The summed E-state index contributed by atoms with van der Waals surface area (Å²) in [4.78, 5) is 7.38. The Balaban J connectivity index is 2.12. The van der Waals surface area contributed by atoms with Gasteiger partial charge in [-0.05, 0) is 18.2 Å². The zero-order chi connectivity index (χ0) is 14.5. The van der Waals surface area contributed by atoms with Crippen LogP contribution in [0.15, 0.2) is 24.3 Å². The Kier molecular flexibility index (Phi) is 4.43. The molecule has 1 N–H and O–H groups in total. The predicted octanol–water partition coefficient (Wildman–Crippen LogP) is 2.70. The van der Waals surface area contributed by atoms with Gasteiger partial charge in [0.2, 0.25) is 5.88 Å². The Labute approximate surface area is 122 Å². The van der Waals surface area contributed by atoms with Crippen LogP contribution in [0, 0.1) is 11.3 Å². The first-order valence-corrected chi connectivity index (χ1v) is 6.90. The second-order valence-electron chi connectivity index (χ2n) is 4.37. The Morgan fingerprint density at radius 2 is 2.25 bits per heavy atom. The van der Waals surface area contributed by atoms with Crippen molar-refractivity contribution in [1.82, 2.24) is 4.98 Å². The van der Waals surface area contributed by atoms with Gasteiger partial charge in [-0.2, -0.15) is 10.2 Å². The van der Waals surface area contributed by atoms with Crippen LogP contribution in [0.3, 0.4) is 0 Å². The third-order valence-corrected chi connectivity index (χ3v) is 3.88. The van der Waals surface area contributed by atoms with Crippen LogP contribution in [-0.2, 0) is 6.54 Å². The van der Waals surface area contributed by atoms with Crippen molar-refractivity contribution in [3.05, 3.63) is 34.7 Å². The molecule has 0 aliphatic carbocycles. The number of hydrogen-bond acceptors (Lipinski definition) is 6. The van der Waals surface area contributed by atoms with E-state index in [9.17, 15) is 0 Å². The van der Waals surface area contributed by atoms with E-state index in [0.29, 0.717) is 18.0 Å². The van der Waals surface area contributed by atoms with Gasteiger partial charge in [0.05, 0.1) is 30.2 Å². The summed E-state index contributed by atoms with van der Waals surface area (Å²) in [6.45, 7) is 0.615. The molecule has 1 heterocycles. The van der Waals surface area contributed by atoms with Crippen molar-refractivity contribution in [2.24, 2.45) is 0 Å². The summed E-state index contributed by atoms with van der Waals surface area (Å²) in [5.74, 6) is 0.641. The van der Waals surface area contributed by atoms with Crippen LogP contribution in [-0.4, -0.2) is 26.2 Å². The van der Waals surface area contributed by atoms with E-state index >= 15 is 0 Å². The number of benzene rings is 1. The van der Waals surface area contributed by atoms with E-state index in [-0.39, 0.29) is 0 Å². The smallest absolute Gasteiger partial charge is 0.231 e. The Morgan fingerprint density at radius 3 is 2.90 bits per heavy atom. The molecule has 0 amide bonds. The minimum absolute atomic E-state index is 0.615. The first-order valence-electron chi connectivity index (χ1n) is 6.09. The highest BCUT2D eigenvalue weighted by molar-refractivity contribution is 7.15. The summed E-state index contributed by atoms with van der Waals surface area (Å²) in [6.07, 6.45) is 0. The molecule has 0 aliphatic heterocycles. The van der Waals surface area contributed by atoms with Gasteiger partial charge in [0.1, 0.15) is 0 Å². The molecule has 2 aromatic rings. The summed E-state index contributed by atoms with van der Waals surface area (Å²) in [5.41, 5.74) is 1.55. The number of hydrogen-bond donors (Lipinski definition) is 1. The molecule has 0 fully saturated rings. The maximum Gasteiger partial charge on any atom is 0.231 e. The maximum atomic E-state index is 8.88. The molecule has 0 spiro atoms. The van der Waals surface area contributed by atoms with E-state index in [0.717, 1.165) is 15.7 Å². The lowest BCUT2D eigenvalue weighted by Crippen LogP contribution is -2.07. The Morgan fingerprint density at radius 1 is 1.45 bits per heavy atom. The number of rotatable bonds is 5. The number of methoxy groups -OCH3 is 1. The highest BCUT2D eigenvalue weighted by atomic mass is 32.1. The fourth-order valence-corrected chi connectivity index (χ4v) is 2.56. The Bertz CT molecular complexity index is 630. The lowest BCUT2D eigenvalue weighted by Gasteiger charge is -2.06. The van der Waals surface area contributed by atoms with Crippen molar-refractivity contribution in [1.29, 1.82) is 5.26 Å². The van der Waals surface area contributed by atoms with E-state index in [2.05, 4.69) is 16.4 Å². The standard InChI is InChI=1S/C14H16N4OS/c1-18(2)14-17-13(19-3)12(20-14)9-16-11-6-4-5-10(7-11)8-15/h4-7,16H,9H2,1-3H3. The summed E-state index contributed by atoms with van der Waals surface area (Å²) < 4.78 is 5.29. The Hall–Kier alpha value is -2.26. The first kappa shape index (κ1) is 14.2. The van der Waals surface area contributed by atoms with Crippen LogP contribution < -0.4 is 15.0 Å². The van der Waals surface area contributed by atoms with Gasteiger partial charge in [0, 0.05) is 19.8 Å². The zero-order valence-corrected chi connectivity index (χ0v) is 12.5. The number of thiazole rings is 1. The predicted molar refractivity (Wildman–Crippen MR) is 81.5 cm³/mol. The molecule has 0 aliphatic rings. The quantitative estimate of drug-likeness (QED) is 0.916. The van der Waals surface area contributed by atoms with Gasteiger partial charge in [-0.3, -0.25) is 0 Å². The third kappa shape index (κ3) is 3.19. The van der Waals surface area contributed by atoms with E-state index in [1.165, 1.54) is 0 Å². The minimum atomic E-state index is 0.615. The van der Waals surface area contributed by atoms with Crippen LogP contribution in [0.1, 0.15) is 10.4 Å². The fraction of sp³-hybridized carbons (Fsp3) is 0.286. The van der Waals surface area contributed by atoms with Crippen molar-refractivity contribution in [2.45, 2.75) is 6.54 Å². The van der Waals surface area contributed by atoms with E-state index < -0.39 is 0 Å². The number of nitriles is 1. The summed E-state index contributed by atoms with van der Waals surface area (Å²) >= 11 is 1.58. The molecule has 5 nitrogen and oxygen atoms in total. The van der Waals surface area contributed by atoms with E-state index in [1.54, 1.807) is 24.5 Å². The van der Waals surface area contributed by atoms with Gasteiger partial charge in [-0.1, -0.05) is 17.4 Å². The fourth-order valence-electron chi connectivity index (χ4n) is 1.67. The van der Waals surface area contributed by atoms with Crippen LogP contribution in [0.25, 0.3) is 0 Å². The number of aromatic nitrogens is 1. The molecule has 0 saturated heterocycles. The van der Waals surface area contributed by atoms with Crippen LogP contribution >= 0.6 is 11.3 Å². The molecule has 6 heteroatoms. The summed E-state index contributed by atoms with van der Waals surface area (Å²) in [7, 11) is 5.52. The molecule has 2 rings (SSSR count). The number of ether oxygens (including phenoxy) is 1. The van der Waals surface area contributed by atoms with Gasteiger partial charge >= 0.3 is 0 Å². The van der Waals surface area contributed by atoms with Gasteiger partial charge in [-0.15, -0.1) is 0 Å². The summed E-state index contributed by atoms with van der Waals surface area (Å²) in [5, 5.41) is 13.1. The molecule has 104 valence electrons. The molecular formula is C14H16N4OS. The molecule has 20 heavy (non-hydrogen) atoms. The monoisotopic (exact) mass is 288 g/mol. The highest BCUT2D eigenvalue weighted by Gasteiger charge is 2.12. The van der Waals surface area contributed by atoms with Crippen LogP contribution in [0.2, 0.25) is 0 Å². The van der Waals surface area contributed by atoms with Gasteiger partial charge in [-0.25, -0.2) is 0 Å². The second-order valence-corrected chi connectivity index (χ2v) is 5.43. The second kappa shape index (κ2) is 6.26. The molecule has 0 radical (unpaired) electrons. The lowest BCUT2D eigenvalue weighted by molar-refractivity contribution is 0.397. The lowest BCUT2D eigenvalue weighted by atomic mass is 10.2. The summed E-state index contributed by atoms with van der Waals surface area (Å²) in [6, 6.07) is 9.52. The van der Waals surface area contributed by atoms with Crippen LogP contribution in [0.4, 0.5) is 10.8 Å². The van der Waals surface area contributed by atoms with Crippen molar-refractivity contribution in [3.63, 3.8) is 0 Å². The van der Waals surface area contributed by atoms with Gasteiger partial charge < -0.3 is 15.0 Å². The largest absolute Gasteiger partial charge is 0.480 e. The molecule has 1 aromatic heterocycles. The highest BCUT2D eigenvalue weighted by Crippen LogP contribution is 2.30. The molecule has 0 bridgehead atoms. The zero-order valence-electron chi connectivity index (χ0n) is 11.7. The van der Waals surface area contributed by atoms with Crippen molar-refractivity contribution in [2.75, 3.05) is 31.4 Å². The van der Waals surface area contributed by atoms with Crippen molar-refractivity contribution >= 4 is 22.2 Å². The maximum absolute atomic E-state index is 8.88. The number of nitrogens with zero attached hydrogens (tertiary/aromatic N) is 3.